The highest BCUT2D eigenvalue weighted by molar-refractivity contribution is 5.74. The van der Waals surface area contributed by atoms with Crippen LogP contribution < -0.4 is 11.5 Å². The van der Waals surface area contributed by atoms with Crippen molar-refractivity contribution >= 4 is 18.2 Å². The summed E-state index contributed by atoms with van der Waals surface area (Å²) in [5, 5.41) is 8.54. The average molecular weight is 290 g/mol. The number of aliphatic carboxylic acids is 1. The largest absolute Gasteiger partial charge is 0.481 e. The molecule has 0 aromatic rings. The van der Waals surface area contributed by atoms with E-state index in [2.05, 4.69) is 9.78 Å². The van der Waals surface area contributed by atoms with Gasteiger partial charge in [-0.15, -0.1) is 0 Å². The SMILES string of the molecule is NCCC[C@H](N)C(=O)OOCCC[C@H](C=O)CC(=O)O. The first-order chi connectivity index (χ1) is 9.51. The first kappa shape index (κ1) is 18.5. The number of carboxylic acids is 1. The van der Waals surface area contributed by atoms with Crippen LogP contribution in [0.5, 0.6) is 0 Å². The number of hydrogen-bond acceptors (Lipinski definition) is 7. The molecule has 0 amide bonds. The predicted octanol–water partition coefficient (Wildman–Crippen LogP) is -0.403. The van der Waals surface area contributed by atoms with Crippen LogP contribution in [0.3, 0.4) is 0 Å². The number of hydrogen-bond donors (Lipinski definition) is 3. The molecular weight excluding hydrogens is 268 g/mol. The lowest BCUT2D eigenvalue weighted by atomic mass is 10.0. The molecule has 0 bridgehead atoms. The standard InChI is InChI=1S/C12H22N2O6/c13-5-1-4-10(14)12(18)20-19-6-2-3-9(8-15)7-11(16)17/h8-10H,1-7,13-14H2,(H,16,17)/t9-,10-/m0/s1. The van der Waals surface area contributed by atoms with Gasteiger partial charge in [-0.25, -0.2) is 4.79 Å². The van der Waals surface area contributed by atoms with Crippen LogP contribution in [-0.2, 0) is 24.2 Å². The van der Waals surface area contributed by atoms with Gasteiger partial charge in [-0.3, -0.25) is 9.68 Å². The van der Waals surface area contributed by atoms with E-state index < -0.39 is 23.9 Å². The van der Waals surface area contributed by atoms with E-state index in [1.807, 2.05) is 0 Å². The normalized spacial score (nSPS) is 13.5. The zero-order valence-electron chi connectivity index (χ0n) is 11.3. The van der Waals surface area contributed by atoms with Crippen molar-refractivity contribution < 1.29 is 29.3 Å². The van der Waals surface area contributed by atoms with Crippen molar-refractivity contribution in [3.8, 4) is 0 Å². The Morgan fingerprint density at radius 2 is 1.95 bits per heavy atom. The second-order valence-corrected chi connectivity index (χ2v) is 4.40. The molecule has 0 aromatic carbocycles. The molecule has 0 aliphatic heterocycles. The minimum Gasteiger partial charge on any atom is -0.481 e. The third-order valence-corrected chi connectivity index (χ3v) is 2.59. The molecule has 5 N–H and O–H groups in total. The van der Waals surface area contributed by atoms with E-state index in [1.165, 1.54) is 0 Å². The lowest BCUT2D eigenvalue weighted by Crippen LogP contribution is -2.32. The fraction of sp³-hybridized carbons (Fsp3) is 0.750. The molecule has 116 valence electrons. The fourth-order valence-electron chi connectivity index (χ4n) is 1.46. The second-order valence-electron chi connectivity index (χ2n) is 4.40. The van der Waals surface area contributed by atoms with Gasteiger partial charge in [0, 0.05) is 5.92 Å². The van der Waals surface area contributed by atoms with Gasteiger partial charge in [0.15, 0.2) is 0 Å². The van der Waals surface area contributed by atoms with Crippen LogP contribution in [0.2, 0.25) is 0 Å². The smallest absolute Gasteiger partial charge is 0.358 e. The van der Waals surface area contributed by atoms with Crippen molar-refractivity contribution in [2.45, 2.75) is 38.1 Å². The van der Waals surface area contributed by atoms with Gasteiger partial charge in [-0.05, 0) is 32.2 Å². The molecule has 0 fully saturated rings. The van der Waals surface area contributed by atoms with Gasteiger partial charge in [0.25, 0.3) is 0 Å². The van der Waals surface area contributed by atoms with Gasteiger partial charge in [0.05, 0.1) is 13.0 Å². The minimum atomic E-state index is -1.03. The molecule has 2 atom stereocenters. The maximum Gasteiger partial charge on any atom is 0.358 e. The second kappa shape index (κ2) is 11.3. The van der Waals surface area contributed by atoms with Gasteiger partial charge in [-0.1, -0.05) is 0 Å². The summed E-state index contributed by atoms with van der Waals surface area (Å²) in [6, 6.07) is -0.770. The third kappa shape index (κ3) is 9.42. The molecule has 0 radical (unpaired) electrons. The summed E-state index contributed by atoms with van der Waals surface area (Å²) in [6.45, 7) is 0.526. The highest BCUT2D eigenvalue weighted by Gasteiger charge is 2.16. The highest BCUT2D eigenvalue weighted by Crippen LogP contribution is 2.08. The van der Waals surface area contributed by atoms with Gasteiger partial charge >= 0.3 is 11.9 Å². The third-order valence-electron chi connectivity index (χ3n) is 2.59. The van der Waals surface area contributed by atoms with Crippen molar-refractivity contribution in [2.75, 3.05) is 13.2 Å². The Hall–Kier alpha value is -1.51. The molecule has 0 saturated heterocycles. The van der Waals surface area contributed by atoms with Crippen LogP contribution in [0.25, 0.3) is 0 Å². The molecule has 0 saturated carbocycles. The molecular formula is C12H22N2O6. The van der Waals surface area contributed by atoms with E-state index in [9.17, 15) is 14.4 Å². The number of nitrogens with two attached hydrogens (primary N) is 2. The number of carboxylic acid groups (broad SMARTS) is 1. The molecule has 0 spiro atoms. The number of aldehydes is 1. The summed E-state index contributed by atoms with van der Waals surface area (Å²) in [7, 11) is 0. The van der Waals surface area contributed by atoms with Crippen LogP contribution in [0.1, 0.15) is 32.1 Å². The van der Waals surface area contributed by atoms with Crippen molar-refractivity contribution in [1.82, 2.24) is 0 Å². The Bertz CT molecular complexity index is 310. The first-order valence-corrected chi connectivity index (χ1v) is 6.47. The summed E-state index contributed by atoms with van der Waals surface area (Å²) in [4.78, 5) is 41.5. The van der Waals surface area contributed by atoms with E-state index in [4.69, 9.17) is 16.6 Å². The van der Waals surface area contributed by atoms with Crippen molar-refractivity contribution in [3.05, 3.63) is 0 Å². The van der Waals surface area contributed by atoms with Gasteiger partial charge in [0.2, 0.25) is 0 Å². The highest BCUT2D eigenvalue weighted by atomic mass is 17.2. The number of carbonyl (C=O) groups excluding carboxylic acids is 2. The van der Waals surface area contributed by atoms with E-state index in [-0.39, 0.29) is 13.0 Å². The number of carbonyl (C=O) groups is 3. The van der Waals surface area contributed by atoms with Gasteiger partial charge < -0.3 is 21.4 Å². The Labute approximate surface area is 117 Å². The Morgan fingerprint density at radius 1 is 1.25 bits per heavy atom. The van der Waals surface area contributed by atoms with Crippen molar-refractivity contribution in [2.24, 2.45) is 17.4 Å². The van der Waals surface area contributed by atoms with E-state index >= 15 is 0 Å². The van der Waals surface area contributed by atoms with Gasteiger partial charge in [-0.2, -0.15) is 4.89 Å². The monoisotopic (exact) mass is 290 g/mol. The predicted molar refractivity (Wildman–Crippen MR) is 69.3 cm³/mol. The molecule has 0 rings (SSSR count). The molecule has 0 heterocycles. The maximum absolute atomic E-state index is 11.3. The molecule has 0 aliphatic rings. The quantitative estimate of drug-likeness (QED) is 0.191. The summed E-state index contributed by atoms with van der Waals surface area (Å²) >= 11 is 0. The summed E-state index contributed by atoms with van der Waals surface area (Å²) in [5.74, 6) is -2.25. The molecule has 8 heteroatoms. The van der Waals surface area contributed by atoms with E-state index in [1.54, 1.807) is 0 Å². The zero-order chi connectivity index (χ0) is 15.4. The van der Waals surface area contributed by atoms with E-state index in [0.717, 1.165) is 0 Å². The zero-order valence-corrected chi connectivity index (χ0v) is 11.3. The van der Waals surface area contributed by atoms with Crippen LogP contribution in [-0.4, -0.2) is 42.5 Å². The Kier molecular flexibility index (Phi) is 10.5. The van der Waals surface area contributed by atoms with Gasteiger partial charge in [0.1, 0.15) is 12.3 Å². The van der Waals surface area contributed by atoms with Crippen LogP contribution in [0.15, 0.2) is 0 Å². The molecule has 8 nitrogen and oxygen atoms in total. The van der Waals surface area contributed by atoms with Crippen LogP contribution in [0.4, 0.5) is 0 Å². The average Bonchev–Trinajstić information content (AvgIpc) is 2.42. The molecule has 0 aliphatic carbocycles. The molecule has 20 heavy (non-hydrogen) atoms. The summed E-state index contributed by atoms with van der Waals surface area (Å²) in [6.07, 6.45) is 2.18. The Morgan fingerprint density at radius 3 is 2.50 bits per heavy atom. The maximum atomic E-state index is 11.3. The fourth-order valence-corrected chi connectivity index (χ4v) is 1.46. The topological polar surface area (TPSA) is 142 Å². The summed E-state index contributed by atoms with van der Waals surface area (Å²) < 4.78 is 0. The lowest BCUT2D eigenvalue weighted by molar-refractivity contribution is -0.274. The first-order valence-electron chi connectivity index (χ1n) is 6.47. The van der Waals surface area contributed by atoms with Crippen molar-refractivity contribution in [3.63, 3.8) is 0 Å². The minimum absolute atomic E-state index is 0.0826. The number of rotatable bonds is 12. The van der Waals surface area contributed by atoms with Crippen LogP contribution >= 0.6 is 0 Å². The molecule has 0 aromatic heterocycles. The molecule has 0 unspecified atom stereocenters. The van der Waals surface area contributed by atoms with Crippen molar-refractivity contribution in [1.29, 1.82) is 0 Å². The van der Waals surface area contributed by atoms with E-state index in [0.29, 0.717) is 38.5 Å². The summed E-state index contributed by atoms with van der Waals surface area (Å²) in [5.41, 5.74) is 10.8. The lowest BCUT2D eigenvalue weighted by Gasteiger charge is -2.10. The van der Waals surface area contributed by atoms with Crippen LogP contribution in [0, 0.1) is 5.92 Å². The Balaban J connectivity index is 3.67.